The fraction of sp³-hybridized carbons (Fsp3) is 0.714. The number of hydrogen-bond acceptors (Lipinski definition) is 2. The highest BCUT2D eigenvalue weighted by molar-refractivity contribution is 4.88. The average molecular weight is 141 g/mol. The van der Waals surface area contributed by atoms with Crippen molar-refractivity contribution in [2.24, 2.45) is 10.3 Å². The maximum absolute atomic E-state index is 3.87. The lowest BCUT2D eigenvalue weighted by Crippen LogP contribution is -1.99. The molecular weight excluding hydrogens is 126 g/mol. The molecule has 0 aliphatic heterocycles. The minimum Gasteiger partial charge on any atom is -0.285 e. The Morgan fingerprint density at radius 3 is 2.50 bits per heavy atom. The van der Waals surface area contributed by atoms with E-state index in [0.29, 0.717) is 0 Å². The zero-order chi connectivity index (χ0) is 7.98. The van der Waals surface area contributed by atoms with Gasteiger partial charge in [-0.2, -0.15) is 0 Å². The molecule has 3 nitrogen and oxygen atoms in total. The van der Waals surface area contributed by atoms with Crippen LogP contribution in [0, 0.1) is 0 Å². The van der Waals surface area contributed by atoms with E-state index in [1.165, 1.54) is 0 Å². The van der Waals surface area contributed by atoms with Crippen LogP contribution in [0.2, 0.25) is 0 Å². The predicted molar refractivity (Wildman–Crippen MR) is 42.6 cm³/mol. The Morgan fingerprint density at radius 1 is 1.50 bits per heavy atom. The lowest BCUT2D eigenvalue weighted by atomic mass is 10.3. The minimum atomic E-state index is 0.844. The van der Waals surface area contributed by atoms with Crippen molar-refractivity contribution in [1.29, 1.82) is 0 Å². The molecule has 0 bridgehead atoms. The van der Waals surface area contributed by atoms with Gasteiger partial charge in [0.15, 0.2) is 0 Å². The van der Waals surface area contributed by atoms with E-state index < -0.39 is 0 Å². The monoisotopic (exact) mass is 141 g/mol. The van der Waals surface area contributed by atoms with Crippen LogP contribution in [0.1, 0.15) is 19.8 Å². The fourth-order valence-corrected chi connectivity index (χ4v) is 0.491. The van der Waals surface area contributed by atoms with E-state index in [0.717, 1.165) is 18.5 Å². The van der Waals surface area contributed by atoms with Crippen LogP contribution in [-0.2, 0) is 0 Å². The second-order valence-electron chi connectivity index (χ2n) is 2.35. The molecule has 0 amide bonds. The summed E-state index contributed by atoms with van der Waals surface area (Å²) in [6, 6.07) is 0. The Hall–Kier alpha value is -0.860. The standard InChI is InChI=1S/C7H15N3/c1-5-6-7(2)8-9-10(3)4/h2,5-6H2,1,3-4H3. The maximum atomic E-state index is 3.87. The zero-order valence-electron chi connectivity index (χ0n) is 6.96. The molecule has 0 fully saturated rings. The highest BCUT2D eigenvalue weighted by Gasteiger charge is 1.86. The van der Waals surface area contributed by atoms with Gasteiger partial charge in [0, 0.05) is 14.1 Å². The molecule has 0 heterocycles. The maximum Gasteiger partial charge on any atom is 0.0576 e. The van der Waals surface area contributed by atoms with Gasteiger partial charge in [-0.3, -0.25) is 5.01 Å². The predicted octanol–water partition coefficient (Wildman–Crippen LogP) is 2.23. The van der Waals surface area contributed by atoms with Crippen LogP contribution in [-0.4, -0.2) is 19.1 Å². The molecule has 58 valence electrons. The number of rotatable bonds is 4. The lowest BCUT2D eigenvalue weighted by molar-refractivity contribution is 0.404. The largest absolute Gasteiger partial charge is 0.285 e. The topological polar surface area (TPSA) is 28.0 Å². The van der Waals surface area contributed by atoms with Gasteiger partial charge in [0.05, 0.1) is 5.70 Å². The Kier molecular flexibility index (Phi) is 4.54. The molecular formula is C7H15N3. The molecule has 0 saturated carbocycles. The summed E-state index contributed by atoms with van der Waals surface area (Å²) >= 11 is 0. The molecule has 0 aromatic carbocycles. The molecule has 0 aliphatic rings. The van der Waals surface area contributed by atoms with Gasteiger partial charge >= 0.3 is 0 Å². The van der Waals surface area contributed by atoms with E-state index in [2.05, 4.69) is 23.8 Å². The van der Waals surface area contributed by atoms with Gasteiger partial charge in [-0.25, -0.2) is 0 Å². The molecule has 10 heavy (non-hydrogen) atoms. The summed E-state index contributed by atoms with van der Waals surface area (Å²) in [5.41, 5.74) is 0.844. The first-order valence-corrected chi connectivity index (χ1v) is 3.43. The molecule has 0 N–H and O–H groups in total. The van der Waals surface area contributed by atoms with Crippen LogP contribution in [0.5, 0.6) is 0 Å². The molecule has 0 rings (SSSR count). The third-order valence-electron chi connectivity index (χ3n) is 0.904. The highest BCUT2D eigenvalue weighted by atomic mass is 15.5. The molecule has 0 saturated heterocycles. The SMILES string of the molecule is C=C(CCC)N=NN(C)C. The van der Waals surface area contributed by atoms with Crippen LogP contribution in [0.3, 0.4) is 0 Å². The van der Waals surface area contributed by atoms with Crippen molar-refractivity contribution in [2.45, 2.75) is 19.8 Å². The summed E-state index contributed by atoms with van der Waals surface area (Å²) in [5.74, 6) is 0. The Morgan fingerprint density at radius 2 is 2.10 bits per heavy atom. The summed E-state index contributed by atoms with van der Waals surface area (Å²) in [5, 5.41) is 9.33. The van der Waals surface area contributed by atoms with E-state index in [4.69, 9.17) is 0 Å². The van der Waals surface area contributed by atoms with Crippen LogP contribution >= 0.6 is 0 Å². The summed E-state index contributed by atoms with van der Waals surface area (Å²) in [6.45, 7) is 5.82. The molecule has 0 radical (unpaired) electrons. The second kappa shape index (κ2) is 4.97. The zero-order valence-corrected chi connectivity index (χ0v) is 6.96. The van der Waals surface area contributed by atoms with E-state index in [1.807, 2.05) is 14.1 Å². The average Bonchev–Trinajstić information content (AvgIpc) is 1.85. The van der Waals surface area contributed by atoms with Gasteiger partial charge in [-0.05, 0) is 6.42 Å². The van der Waals surface area contributed by atoms with Crippen molar-refractivity contribution in [3.05, 3.63) is 12.3 Å². The number of allylic oxidation sites excluding steroid dienone is 1. The summed E-state index contributed by atoms with van der Waals surface area (Å²) in [6.07, 6.45) is 2.00. The second-order valence-corrected chi connectivity index (χ2v) is 2.35. The minimum absolute atomic E-state index is 0.844. The fourth-order valence-electron chi connectivity index (χ4n) is 0.491. The summed E-state index contributed by atoms with van der Waals surface area (Å²) in [7, 11) is 3.67. The highest BCUT2D eigenvalue weighted by Crippen LogP contribution is 2.03. The molecule has 0 unspecified atom stereocenters. The molecule has 0 aliphatic carbocycles. The Balaban J connectivity index is 3.56. The van der Waals surface area contributed by atoms with Gasteiger partial charge in [-0.15, -0.1) is 5.11 Å². The number of hydrogen-bond donors (Lipinski definition) is 0. The van der Waals surface area contributed by atoms with Gasteiger partial charge in [-0.1, -0.05) is 25.1 Å². The molecule has 3 heteroatoms. The van der Waals surface area contributed by atoms with E-state index in [-0.39, 0.29) is 0 Å². The van der Waals surface area contributed by atoms with Crippen molar-refractivity contribution in [3.8, 4) is 0 Å². The van der Waals surface area contributed by atoms with Crippen molar-refractivity contribution >= 4 is 0 Å². The molecule has 0 atom stereocenters. The van der Waals surface area contributed by atoms with Crippen LogP contribution in [0.4, 0.5) is 0 Å². The van der Waals surface area contributed by atoms with E-state index in [1.54, 1.807) is 5.01 Å². The number of nitrogens with zero attached hydrogens (tertiary/aromatic N) is 3. The van der Waals surface area contributed by atoms with Gasteiger partial charge in [0.1, 0.15) is 0 Å². The molecule has 0 spiro atoms. The quantitative estimate of drug-likeness (QED) is 0.436. The van der Waals surface area contributed by atoms with Crippen molar-refractivity contribution < 1.29 is 0 Å². The van der Waals surface area contributed by atoms with Crippen LogP contribution in [0.15, 0.2) is 22.6 Å². The van der Waals surface area contributed by atoms with E-state index in [9.17, 15) is 0 Å². The Bertz CT molecular complexity index is 127. The molecule has 0 aromatic heterocycles. The smallest absolute Gasteiger partial charge is 0.0576 e. The first-order chi connectivity index (χ1) is 4.66. The van der Waals surface area contributed by atoms with Crippen molar-refractivity contribution in [3.63, 3.8) is 0 Å². The normalized spacial score (nSPS) is 10.3. The lowest BCUT2D eigenvalue weighted by Gasteiger charge is -2.00. The van der Waals surface area contributed by atoms with Crippen molar-refractivity contribution in [2.75, 3.05) is 14.1 Å². The van der Waals surface area contributed by atoms with Gasteiger partial charge in [0.25, 0.3) is 0 Å². The molecule has 0 aromatic rings. The first kappa shape index (κ1) is 9.14. The summed E-state index contributed by atoms with van der Waals surface area (Å²) < 4.78 is 0. The summed E-state index contributed by atoms with van der Waals surface area (Å²) in [4.78, 5) is 0. The van der Waals surface area contributed by atoms with Crippen LogP contribution < -0.4 is 0 Å². The van der Waals surface area contributed by atoms with E-state index >= 15 is 0 Å². The third kappa shape index (κ3) is 5.28. The third-order valence-corrected chi connectivity index (χ3v) is 0.904. The van der Waals surface area contributed by atoms with Crippen molar-refractivity contribution in [1.82, 2.24) is 5.01 Å². The first-order valence-electron chi connectivity index (χ1n) is 3.43. The van der Waals surface area contributed by atoms with Gasteiger partial charge < -0.3 is 0 Å². The van der Waals surface area contributed by atoms with Gasteiger partial charge in [0.2, 0.25) is 0 Å². The Labute approximate surface area is 62.4 Å². The van der Waals surface area contributed by atoms with Crippen LogP contribution in [0.25, 0.3) is 0 Å².